The number of nitrogens with zero attached hydrogens (tertiary/aromatic N) is 2. The number of ether oxygens (including phenoxy) is 3. The predicted molar refractivity (Wildman–Crippen MR) is 122 cm³/mol. The van der Waals surface area contributed by atoms with Gasteiger partial charge in [0, 0.05) is 0 Å². The van der Waals surface area contributed by atoms with Crippen molar-refractivity contribution in [3.63, 3.8) is 0 Å². The molecule has 2 aromatic carbocycles. The van der Waals surface area contributed by atoms with E-state index in [1.807, 2.05) is 54.6 Å². The highest BCUT2D eigenvalue weighted by molar-refractivity contribution is 7.21. The van der Waals surface area contributed by atoms with Crippen LogP contribution >= 0.6 is 11.3 Å². The molecule has 0 saturated heterocycles. The van der Waals surface area contributed by atoms with Crippen LogP contribution in [0.25, 0.3) is 20.8 Å². The lowest BCUT2D eigenvalue weighted by Crippen LogP contribution is -2.14. The summed E-state index contributed by atoms with van der Waals surface area (Å²) in [6, 6.07) is 21.9. The van der Waals surface area contributed by atoms with E-state index in [9.17, 15) is 0 Å². The first kappa shape index (κ1) is 21.4. The second kappa shape index (κ2) is 10.5. The number of aliphatic hydroxyl groups excluding tert-OH is 1. The van der Waals surface area contributed by atoms with Gasteiger partial charge in [0.15, 0.2) is 6.29 Å². The smallest absolute Gasteiger partial charge is 0.151 e. The van der Waals surface area contributed by atoms with E-state index in [4.69, 9.17) is 29.3 Å². The van der Waals surface area contributed by atoms with Crippen LogP contribution in [-0.2, 0) is 9.47 Å². The van der Waals surface area contributed by atoms with E-state index in [1.54, 1.807) is 18.3 Å². The van der Waals surface area contributed by atoms with Crippen molar-refractivity contribution in [3.8, 4) is 16.3 Å². The van der Waals surface area contributed by atoms with Crippen molar-refractivity contribution in [3.05, 3.63) is 72.1 Å². The highest BCUT2D eigenvalue weighted by Crippen LogP contribution is 2.29. The molecule has 4 rings (SSSR count). The Kier molecular flexibility index (Phi) is 7.22. The molecule has 0 amide bonds. The molecule has 1 aliphatic heterocycles. The van der Waals surface area contributed by atoms with Crippen molar-refractivity contribution in [2.75, 3.05) is 26.4 Å². The second-order valence-corrected chi connectivity index (χ2v) is 7.95. The number of rotatable bonds is 9. The molecule has 0 aromatic heterocycles. The first-order valence-corrected chi connectivity index (χ1v) is 10.9. The van der Waals surface area contributed by atoms with Gasteiger partial charge in [-0.2, -0.15) is 0 Å². The highest BCUT2D eigenvalue weighted by Gasteiger charge is 2.06. The maximum absolute atomic E-state index is 8.99. The number of aromatic nitrogens is 1. The second-order valence-electron chi connectivity index (χ2n) is 6.87. The van der Waals surface area contributed by atoms with Crippen molar-refractivity contribution >= 4 is 27.2 Å². The molecule has 0 spiro atoms. The van der Waals surface area contributed by atoms with Gasteiger partial charge in [-0.25, -0.2) is 9.98 Å². The van der Waals surface area contributed by atoms with Crippen molar-refractivity contribution in [2.24, 2.45) is 4.99 Å². The van der Waals surface area contributed by atoms with E-state index in [-0.39, 0.29) is 0 Å². The van der Waals surface area contributed by atoms with Crippen LogP contribution in [0.4, 0.5) is 5.69 Å². The van der Waals surface area contributed by atoms with Crippen LogP contribution in [-0.4, -0.2) is 42.8 Å². The first-order chi connectivity index (χ1) is 15.2. The molecular weight excluding hydrogens is 412 g/mol. The van der Waals surface area contributed by atoms with Crippen LogP contribution in [0.5, 0.6) is 5.75 Å². The molecule has 0 bridgehead atoms. The third kappa shape index (κ3) is 6.08. The van der Waals surface area contributed by atoms with Crippen LogP contribution in [0.2, 0.25) is 0 Å². The minimum Gasteiger partial charge on any atom is -0.491 e. The Morgan fingerprint density at radius 2 is 1.77 bits per heavy atom. The Hall–Kier alpha value is -2.84. The largest absolute Gasteiger partial charge is 0.491 e. The Morgan fingerprint density at radius 3 is 2.61 bits per heavy atom. The summed E-state index contributed by atoms with van der Waals surface area (Å²) in [5.41, 5.74) is 2.85. The Balaban J connectivity index is 1.36. The minimum atomic E-state index is -0.768. The average Bonchev–Trinajstić information content (AvgIpc) is 2.78. The SMILES string of the molecule is CC(O)OCCOCCOc1ccc(N=c2ccc3nc4ccccc4sc-3c2)cc1. The molecule has 0 fully saturated rings. The van der Waals surface area contributed by atoms with Gasteiger partial charge in [-0.3, -0.25) is 0 Å². The standard InChI is InChI=1S/C24H24N2O4S/c1-17(27)29-14-12-28-13-15-30-20-9-6-18(7-10-20)25-19-8-11-22-24(16-19)31-23-5-3-2-4-21(23)26-22/h2-11,16-17,27H,12-15H2,1H3. The predicted octanol–water partition coefficient (Wildman–Crippen LogP) is 4.38. The molecule has 1 aliphatic carbocycles. The third-order valence-electron chi connectivity index (χ3n) is 4.45. The fourth-order valence-electron chi connectivity index (χ4n) is 2.99. The third-order valence-corrected chi connectivity index (χ3v) is 5.56. The van der Waals surface area contributed by atoms with Gasteiger partial charge >= 0.3 is 0 Å². The molecule has 1 heterocycles. The zero-order valence-electron chi connectivity index (χ0n) is 17.2. The maximum atomic E-state index is 8.99. The summed E-state index contributed by atoms with van der Waals surface area (Å²) < 4.78 is 17.2. The zero-order valence-corrected chi connectivity index (χ0v) is 18.0. The fourth-order valence-corrected chi connectivity index (χ4v) is 3.99. The zero-order chi connectivity index (χ0) is 21.5. The lowest BCUT2D eigenvalue weighted by molar-refractivity contribution is -0.100. The van der Waals surface area contributed by atoms with Crippen LogP contribution < -0.4 is 10.1 Å². The number of hydrogen-bond donors (Lipinski definition) is 1. The van der Waals surface area contributed by atoms with E-state index in [0.29, 0.717) is 26.4 Å². The van der Waals surface area contributed by atoms with E-state index in [0.717, 1.165) is 37.6 Å². The molecule has 1 unspecified atom stereocenters. The quantitative estimate of drug-likeness (QED) is 0.239. The van der Waals surface area contributed by atoms with Crippen LogP contribution in [0.3, 0.4) is 0 Å². The molecule has 1 N–H and O–H groups in total. The minimum absolute atomic E-state index is 0.357. The van der Waals surface area contributed by atoms with Crippen molar-refractivity contribution in [2.45, 2.75) is 13.2 Å². The van der Waals surface area contributed by atoms with Crippen LogP contribution in [0.15, 0.2) is 71.7 Å². The number of fused-ring (bicyclic) bond motifs is 2. The van der Waals surface area contributed by atoms with Gasteiger partial charge < -0.3 is 19.3 Å². The van der Waals surface area contributed by atoms with Gasteiger partial charge in [0.25, 0.3) is 0 Å². The summed E-state index contributed by atoms with van der Waals surface area (Å²) in [5, 5.41) is 9.88. The van der Waals surface area contributed by atoms with Gasteiger partial charge in [0.1, 0.15) is 12.4 Å². The van der Waals surface area contributed by atoms with E-state index in [2.05, 4.69) is 12.1 Å². The van der Waals surface area contributed by atoms with Crippen LogP contribution in [0, 0.1) is 0 Å². The van der Waals surface area contributed by atoms with E-state index in [1.165, 1.54) is 0 Å². The number of hydrogen-bond acceptors (Lipinski definition) is 7. The summed E-state index contributed by atoms with van der Waals surface area (Å²) in [7, 11) is 0. The molecule has 1 atom stereocenters. The monoisotopic (exact) mass is 436 g/mol. The van der Waals surface area contributed by atoms with Crippen molar-refractivity contribution in [1.82, 2.24) is 4.98 Å². The van der Waals surface area contributed by atoms with E-state index < -0.39 is 6.29 Å². The Morgan fingerprint density at radius 1 is 0.968 bits per heavy atom. The lowest BCUT2D eigenvalue weighted by Gasteiger charge is -2.09. The maximum Gasteiger partial charge on any atom is 0.151 e. The topological polar surface area (TPSA) is 73.2 Å². The van der Waals surface area contributed by atoms with E-state index >= 15 is 0 Å². The molecule has 160 valence electrons. The van der Waals surface area contributed by atoms with Gasteiger partial charge in [-0.15, -0.1) is 11.3 Å². The van der Waals surface area contributed by atoms with Gasteiger partial charge in [-0.1, -0.05) is 12.1 Å². The normalized spacial score (nSPS) is 13.0. The highest BCUT2D eigenvalue weighted by atomic mass is 32.1. The molecule has 2 aliphatic rings. The molecule has 31 heavy (non-hydrogen) atoms. The number of para-hydroxylation sites is 1. The van der Waals surface area contributed by atoms with Crippen molar-refractivity contribution in [1.29, 1.82) is 0 Å². The summed E-state index contributed by atoms with van der Waals surface area (Å²) in [4.78, 5) is 10.6. The number of benzene rings is 3. The average molecular weight is 437 g/mol. The Bertz CT molecular complexity index is 1160. The van der Waals surface area contributed by atoms with Gasteiger partial charge in [0.2, 0.25) is 0 Å². The molecule has 0 radical (unpaired) electrons. The summed E-state index contributed by atoms with van der Waals surface area (Å²) in [6.07, 6.45) is -0.768. The Labute approximate surface area is 184 Å². The van der Waals surface area contributed by atoms with Gasteiger partial charge in [-0.05, 0) is 61.5 Å². The lowest BCUT2D eigenvalue weighted by atomic mass is 10.2. The van der Waals surface area contributed by atoms with Crippen LogP contribution in [0.1, 0.15) is 6.92 Å². The molecule has 6 nitrogen and oxygen atoms in total. The van der Waals surface area contributed by atoms with Gasteiger partial charge in [0.05, 0.1) is 51.7 Å². The summed E-state index contributed by atoms with van der Waals surface area (Å²) in [5.74, 6) is 0.763. The summed E-state index contributed by atoms with van der Waals surface area (Å²) in [6.45, 7) is 3.24. The molecule has 7 heteroatoms. The number of aliphatic hydroxyl groups is 1. The van der Waals surface area contributed by atoms with Crippen molar-refractivity contribution < 1.29 is 19.3 Å². The molecule has 2 aromatic rings. The fraction of sp³-hybridized carbons (Fsp3) is 0.250. The summed E-state index contributed by atoms with van der Waals surface area (Å²) >= 11 is 1.72. The first-order valence-electron chi connectivity index (χ1n) is 10.1. The molecular formula is C24H24N2O4S. The molecule has 0 saturated carbocycles.